The number of amides is 1. The molecule has 0 aliphatic carbocycles. The van der Waals surface area contributed by atoms with E-state index in [-0.39, 0.29) is 11.7 Å². The summed E-state index contributed by atoms with van der Waals surface area (Å²) in [6, 6.07) is 17.6. The van der Waals surface area contributed by atoms with Crippen LogP contribution in [0.2, 0.25) is 0 Å². The van der Waals surface area contributed by atoms with Crippen molar-refractivity contribution in [3.05, 3.63) is 72.0 Å². The van der Waals surface area contributed by atoms with E-state index in [0.717, 1.165) is 16.6 Å². The standard InChI is InChI=1S/C18H12N2O2S/c21-17(16-9-4-10-22-16)20-18-19-15(11-23-18)14-8-3-6-12-5-1-2-7-13(12)14/h1-11H,(H,19,20,21). The number of furan rings is 1. The van der Waals surface area contributed by atoms with E-state index < -0.39 is 0 Å². The summed E-state index contributed by atoms with van der Waals surface area (Å²) in [6.45, 7) is 0. The monoisotopic (exact) mass is 320 g/mol. The molecule has 1 N–H and O–H groups in total. The van der Waals surface area contributed by atoms with Gasteiger partial charge in [-0.3, -0.25) is 10.1 Å². The molecule has 23 heavy (non-hydrogen) atoms. The highest BCUT2D eigenvalue weighted by atomic mass is 32.1. The fraction of sp³-hybridized carbons (Fsp3) is 0. The molecule has 0 atom stereocenters. The quantitative estimate of drug-likeness (QED) is 0.589. The van der Waals surface area contributed by atoms with Gasteiger partial charge in [0.1, 0.15) is 0 Å². The molecule has 0 saturated carbocycles. The minimum absolute atomic E-state index is 0.270. The third-order valence-corrected chi connectivity index (χ3v) is 4.29. The highest BCUT2D eigenvalue weighted by Crippen LogP contribution is 2.31. The number of nitrogens with one attached hydrogen (secondary N) is 1. The van der Waals surface area contributed by atoms with Crippen molar-refractivity contribution in [2.24, 2.45) is 0 Å². The van der Waals surface area contributed by atoms with Gasteiger partial charge in [-0.05, 0) is 22.9 Å². The summed E-state index contributed by atoms with van der Waals surface area (Å²) in [6.07, 6.45) is 1.47. The predicted molar refractivity (Wildman–Crippen MR) is 91.7 cm³/mol. The third-order valence-electron chi connectivity index (χ3n) is 3.54. The first-order valence-corrected chi connectivity index (χ1v) is 7.98. The molecule has 4 nitrogen and oxygen atoms in total. The lowest BCUT2D eigenvalue weighted by Gasteiger charge is -2.03. The molecule has 2 heterocycles. The van der Waals surface area contributed by atoms with Crippen molar-refractivity contribution in [2.75, 3.05) is 5.32 Å². The summed E-state index contributed by atoms with van der Waals surface area (Å²) in [7, 11) is 0. The van der Waals surface area contributed by atoms with Gasteiger partial charge in [0.05, 0.1) is 12.0 Å². The molecule has 2 aromatic carbocycles. The Bertz CT molecular complexity index is 968. The molecule has 0 radical (unpaired) electrons. The van der Waals surface area contributed by atoms with Crippen LogP contribution < -0.4 is 5.32 Å². The predicted octanol–water partition coefficient (Wildman–Crippen LogP) is 4.81. The van der Waals surface area contributed by atoms with Gasteiger partial charge in [0.2, 0.25) is 0 Å². The number of hydrogen-bond acceptors (Lipinski definition) is 4. The Kier molecular flexibility index (Phi) is 3.40. The summed E-state index contributed by atoms with van der Waals surface area (Å²) in [5.41, 5.74) is 1.90. The van der Waals surface area contributed by atoms with Crippen LogP contribution in [-0.4, -0.2) is 10.9 Å². The first kappa shape index (κ1) is 13.7. The number of carbonyl (C=O) groups excluding carboxylic acids is 1. The number of benzene rings is 2. The molecule has 0 aliphatic rings. The first-order valence-electron chi connectivity index (χ1n) is 7.10. The van der Waals surface area contributed by atoms with Crippen LogP contribution in [0.3, 0.4) is 0 Å². The van der Waals surface area contributed by atoms with E-state index >= 15 is 0 Å². The van der Waals surface area contributed by atoms with E-state index in [1.165, 1.54) is 23.0 Å². The van der Waals surface area contributed by atoms with Crippen molar-refractivity contribution in [1.29, 1.82) is 0 Å². The van der Waals surface area contributed by atoms with Crippen LogP contribution in [0.4, 0.5) is 5.13 Å². The molecule has 0 bridgehead atoms. The number of nitrogens with zero attached hydrogens (tertiary/aromatic N) is 1. The Balaban J connectivity index is 1.66. The Morgan fingerprint density at radius 2 is 1.91 bits per heavy atom. The zero-order valence-electron chi connectivity index (χ0n) is 12.0. The van der Waals surface area contributed by atoms with Gasteiger partial charge in [0.15, 0.2) is 10.9 Å². The maximum atomic E-state index is 12.0. The van der Waals surface area contributed by atoms with Gasteiger partial charge in [0, 0.05) is 10.9 Å². The summed E-state index contributed by atoms with van der Waals surface area (Å²) in [4.78, 5) is 16.5. The van der Waals surface area contributed by atoms with Gasteiger partial charge >= 0.3 is 0 Å². The highest BCUT2D eigenvalue weighted by Gasteiger charge is 2.12. The zero-order chi connectivity index (χ0) is 15.6. The van der Waals surface area contributed by atoms with Gasteiger partial charge in [-0.25, -0.2) is 4.98 Å². The molecule has 2 aromatic heterocycles. The molecule has 0 aliphatic heterocycles. The van der Waals surface area contributed by atoms with Crippen LogP contribution in [0, 0.1) is 0 Å². The minimum atomic E-state index is -0.297. The molecule has 112 valence electrons. The van der Waals surface area contributed by atoms with Crippen LogP contribution in [0.15, 0.2) is 70.7 Å². The van der Waals surface area contributed by atoms with E-state index in [1.54, 1.807) is 12.1 Å². The molecule has 5 heteroatoms. The minimum Gasteiger partial charge on any atom is -0.459 e. The van der Waals surface area contributed by atoms with Crippen LogP contribution in [0.1, 0.15) is 10.6 Å². The molecule has 4 aromatic rings. The number of carbonyl (C=O) groups is 1. The number of thiazole rings is 1. The highest BCUT2D eigenvalue weighted by molar-refractivity contribution is 7.14. The summed E-state index contributed by atoms with van der Waals surface area (Å²) >= 11 is 1.39. The number of anilines is 1. The Morgan fingerprint density at radius 3 is 2.78 bits per heavy atom. The van der Waals surface area contributed by atoms with Crippen LogP contribution in [0.25, 0.3) is 22.0 Å². The van der Waals surface area contributed by atoms with E-state index in [2.05, 4.69) is 28.5 Å². The van der Waals surface area contributed by atoms with Crippen molar-refractivity contribution in [1.82, 2.24) is 4.98 Å². The summed E-state index contributed by atoms with van der Waals surface area (Å²) < 4.78 is 5.08. The number of rotatable bonds is 3. The average Bonchev–Trinajstić information content (AvgIpc) is 3.26. The number of hydrogen-bond donors (Lipinski definition) is 1. The maximum Gasteiger partial charge on any atom is 0.293 e. The van der Waals surface area contributed by atoms with Crippen molar-refractivity contribution in [3.63, 3.8) is 0 Å². The van der Waals surface area contributed by atoms with Crippen LogP contribution >= 0.6 is 11.3 Å². The Labute approximate surface area is 136 Å². The van der Waals surface area contributed by atoms with Crippen molar-refractivity contribution in [2.45, 2.75) is 0 Å². The molecule has 1 amide bonds. The molecular weight excluding hydrogens is 308 g/mol. The fourth-order valence-corrected chi connectivity index (χ4v) is 3.18. The second-order valence-electron chi connectivity index (χ2n) is 5.00. The molecule has 0 spiro atoms. The summed E-state index contributed by atoms with van der Waals surface area (Å²) in [5.74, 6) is -0.0271. The zero-order valence-corrected chi connectivity index (χ0v) is 12.8. The van der Waals surface area contributed by atoms with Gasteiger partial charge in [0.25, 0.3) is 5.91 Å². The maximum absolute atomic E-state index is 12.0. The molecule has 4 rings (SSSR count). The van der Waals surface area contributed by atoms with Gasteiger partial charge < -0.3 is 4.42 Å². The second-order valence-corrected chi connectivity index (χ2v) is 5.85. The molecule has 0 unspecified atom stereocenters. The average molecular weight is 320 g/mol. The number of aromatic nitrogens is 1. The van der Waals surface area contributed by atoms with Crippen molar-refractivity contribution < 1.29 is 9.21 Å². The van der Waals surface area contributed by atoms with Crippen molar-refractivity contribution >= 4 is 33.1 Å². The Morgan fingerprint density at radius 1 is 1.04 bits per heavy atom. The molecule has 0 fully saturated rings. The summed E-state index contributed by atoms with van der Waals surface area (Å²) in [5, 5.41) is 7.56. The van der Waals surface area contributed by atoms with E-state index in [4.69, 9.17) is 4.42 Å². The van der Waals surface area contributed by atoms with E-state index in [9.17, 15) is 4.79 Å². The SMILES string of the molecule is O=C(Nc1nc(-c2cccc3ccccc23)cs1)c1ccco1. The first-order chi connectivity index (χ1) is 11.3. The van der Waals surface area contributed by atoms with E-state index in [1.807, 2.05) is 29.6 Å². The fourth-order valence-electron chi connectivity index (χ4n) is 2.47. The van der Waals surface area contributed by atoms with Gasteiger partial charge in [-0.2, -0.15) is 0 Å². The Hall–Kier alpha value is -2.92. The van der Waals surface area contributed by atoms with E-state index in [0.29, 0.717) is 5.13 Å². The lowest BCUT2D eigenvalue weighted by Crippen LogP contribution is -2.10. The molecular formula is C18H12N2O2S. The lowest BCUT2D eigenvalue weighted by molar-refractivity contribution is 0.0996. The third kappa shape index (κ3) is 2.62. The second kappa shape index (κ2) is 5.70. The smallest absolute Gasteiger partial charge is 0.293 e. The molecule has 0 saturated heterocycles. The van der Waals surface area contributed by atoms with Crippen molar-refractivity contribution in [3.8, 4) is 11.3 Å². The van der Waals surface area contributed by atoms with Gasteiger partial charge in [-0.1, -0.05) is 42.5 Å². The van der Waals surface area contributed by atoms with Crippen LogP contribution in [-0.2, 0) is 0 Å². The number of fused-ring (bicyclic) bond motifs is 1. The largest absolute Gasteiger partial charge is 0.459 e. The van der Waals surface area contributed by atoms with Crippen LogP contribution in [0.5, 0.6) is 0 Å². The lowest BCUT2D eigenvalue weighted by atomic mass is 10.0. The van der Waals surface area contributed by atoms with Gasteiger partial charge in [-0.15, -0.1) is 11.3 Å². The normalized spacial score (nSPS) is 10.8. The topological polar surface area (TPSA) is 55.1 Å².